The highest BCUT2D eigenvalue weighted by molar-refractivity contribution is 7.99. The number of nitrogens with one attached hydrogen (secondary N) is 1. The summed E-state index contributed by atoms with van der Waals surface area (Å²) in [5, 5.41) is 4.36. The average Bonchev–Trinajstić information content (AvgIpc) is 2.82. The van der Waals surface area contributed by atoms with E-state index in [-0.39, 0.29) is 12.0 Å². The third kappa shape index (κ3) is 5.71. The van der Waals surface area contributed by atoms with Crippen LogP contribution in [-0.4, -0.2) is 40.0 Å². The van der Waals surface area contributed by atoms with Crippen molar-refractivity contribution < 1.29 is 9.53 Å². The SMILES string of the molecule is COC(=O)C(C)(CCCCSc1nccn1C)NC(C)C. The molecule has 0 spiro atoms. The highest BCUT2D eigenvalue weighted by Gasteiger charge is 2.33. The Morgan fingerprint density at radius 3 is 2.76 bits per heavy atom. The number of esters is 1. The average molecular weight is 313 g/mol. The second-order valence-electron chi connectivity index (χ2n) is 5.75. The molecule has 1 aromatic heterocycles. The number of rotatable bonds is 9. The molecule has 0 aliphatic heterocycles. The fourth-order valence-electron chi connectivity index (χ4n) is 2.33. The first-order valence-corrected chi connectivity index (χ1v) is 8.34. The normalized spacial score (nSPS) is 14.2. The van der Waals surface area contributed by atoms with E-state index >= 15 is 0 Å². The van der Waals surface area contributed by atoms with Crippen molar-refractivity contribution in [2.24, 2.45) is 7.05 Å². The van der Waals surface area contributed by atoms with Gasteiger partial charge in [0.2, 0.25) is 0 Å². The molecule has 21 heavy (non-hydrogen) atoms. The highest BCUT2D eigenvalue weighted by Crippen LogP contribution is 2.20. The van der Waals surface area contributed by atoms with Gasteiger partial charge in [-0.15, -0.1) is 0 Å². The van der Waals surface area contributed by atoms with Crippen LogP contribution in [0.3, 0.4) is 0 Å². The molecular formula is C15H27N3O2S. The molecule has 1 rings (SSSR count). The van der Waals surface area contributed by atoms with Gasteiger partial charge in [0.25, 0.3) is 0 Å². The lowest BCUT2D eigenvalue weighted by Crippen LogP contribution is -2.52. The van der Waals surface area contributed by atoms with Crippen LogP contribution in [0.15, 0.2) is 17.6 Å². The molecule has 6 heteroatoms. The molecule has 0 bridgehead atoms. The van der Waals surface area contributed by atoms with Gasteiger partial charge in [0.05, 0.1) is 7.11 Å². The Bertz CT molecular complexity index is 448. The zero-order chi connectivity index (χ0) is 15.9. The summed E-state index contributed by atoms with van der Waals surface area (Å²) < 4.78 is 6.95. The largest absolute Gasteiger partial charge is 0.468 e. The predicted octanol–water partition coefficient (Wildman–Crippen LogP) is 2.61. The van der Waals surface area contributed by atoms with Gasteiger partial charge in [-0.1, -0.05) is 18.2 Å². The first-order valence-electron chi connectivity index (χ1n) is 7.35. The summed E-state index contributed by atoms with van der Waals surface area (Å²) in [7, 11) is 3.44. The maximum atomic E-state index is 12.0. The van der Waals surface area contributed by atoms with Crippen LogP contribution in [-0.2, 0) is 16.6 Å². The summed E-state index contributed by atoms with van der Waals surface area (Å²) in [4.78, 5) is 16.2. The molecule has 120 valence electrons. The molecule has 0 fully saturated rings. The summed E-state index contributed by atoms with van der Waals surface area (Å²) >= 11 is 1.75. The number of nitrogens with zero attached hydrogens (tertiary/aromatic N) is 2. The highest BCUT2D eigenvalue weighted by atomic mass is 32.2. The summed E-state index contributed by atoms with van der Waals surface area (Å²) in [6.45, 7) is 6.00. The second kappa shape index (κ2) is 8.44. The number of thioether (sulfide) groups is 1. The van der Waals surface area contributed by atoms with Crippen molar-refractivity contribution in [1.82, 2.24) is 14.9 Å². The van der Waals surface area contributed by atoms with E-state index < -0.39 is 5.54 Å². The molecule has 1 aromatic rings. The number of unbranched alkanes of at least 4 members (excludes halogenated alkanes) is 1. The van der Waals surface area contributed by atoms with Gasteiger partial charge in [-0.05, 0) is 33.6 Å². The third-order valence-electron chi connectivity index (χ3n) is 3.32. The van der Waals surface area contributed by atoms with Gasteiger partial charge >= 0.3 is 5.97 Å². The second-order valence-corrected chi connectivity index (χ2v) is 6.81. The summed E-state index contributed by atoms with van der Waals surface area (Å²) in [6.07, 6.45) is 6.55. The quantitative estimate of drug-likeness (QED) is 0.431. The van der Waals surface area contributed by atoms with E-state index in [1.54, 1.807) is 11.8 Å². The number of carbonyl (C=O) groups is 1. The van der Waals surface area contributed by atoms with Crippen LogP contribution in [0, 0.1) is 0 Å². The topological polar surface area (TPSA) is 56.1 Å². The number of aryl methyl sites for hydroxylation is 1. The van der Waals surface area contributed by atoms with E-state index in [1.807, 2.05) is 44.8 Å². The molecule has 1 unspecified atom stereocenters. The number of ether oxygens (including phenoxy) is 1. The molecule has 1 atom stereocenters. The van der Waals surface area contributed by atoms with Gasteiger partial charge < -0.3 is 9.30 Å². The fourth-order valence-corrected chi connectivity index (χ4v) is 3.26. The molecule has 0 saturated heterocycles. The Labute approximate surface area is 131 Å². The fraction of sp³-hybridized carbons (Fsp3) is 0.733. The van der Waals surface area contributed by atoms with Crippen molar-refractivity contribution in [3.63, 3.8) is 0 Å². The van der Waals surface area contributed by atoms with E-state index in [0.717, 1.165) is 30.2 Å². The van der Waals surface area contributed by atoms with Gasteiger partial charge in [0, 0.05) is 31.2 Å². The Hall–Kier alpha value is -1.01. The first-order chi connectivity index (χ1) is 9.89. The van der Waals surface area contributed by atoms with Crippen LogP contribution < -0.4 is 5.32 Å². The number of hydrogen-bond donors (Lipinski definition) is 1. The standard InChI is InChI=1S/C15H27N3O2S/c1-12(2)17-15(3,13(19)20-5)8-6-7-11-21-14-16-9-10-18(14)4/h9-10,12,17H,6-8,11H2,1-5H3. The maximum absolute atomic E-state index is 12.0. The van der Waals surface area contributed by atoms with Gasteiger partial charge in [-0.3, -0.25) is 10.1 Å². The molecule has 0 amide bonds. The van der Waals surface area contributed by atoms with E-state index in [0.29, 0.717) is 0 Å². The molecule has 0 aliphatic rings. The first kappa shape index (κ1) is 18.0. The van der Waals surface area contributed by atoms with Gasteiger partial charge in [-0.2, -0.15) is 0 Å². The van der Waals surface area contributed by atoms with Gasteiger partial charge in [-0.25, -0.2) is 4.98 Å². The van der Waals surface area contributed by atoms with Crippen molar-refractivity contribution in [2.75, 3.05) is 12.9 Å². The molecule has 0 aliphatic carbocycles. The minimum absolute atomic E-state index is 0.187. The number of imidazole rings is 1. The monoisotopic (exact) mass is 313 g/mol. The van der Waals surface area contributed by atoms with Crippen molar-refractivity contribution in [1.29, 1.82) is 0 Å². The van der Waals surface area contributed by atoms with Crippen LogP contribution in [0.2, 0.25) is 0 Å². The Balaban J connectivity index is 2.36. The van der Waals surface area contributed by atoms with Crippen molar-refractivity contribution in [3.05, 3.63) is 12.4 Å². The molecular weight excluding hydrogens is 286 g/mol. The van der Waals surface area contributed by atoms with Crippen LogP contribution in [0.4, 0.5) is 0 Å². The number of aromatic nitrogens is 2. The molecule has 0 aromatic carbocycles. The zero-order valence-electron chi connectivity index (χ0n) is 13.7. The maximum Gasteiger partial charge on any atom is 0.325 e. The van der Waals surface area contributed by atoms with E-state index in [9.17, 15) is 4.79 Å². The molecule has 5 nitrogen and oxygen atoms in total. The third-order valence-corrected chi connectivity index (χ3v) is 4.47. The van der Waals surface area contributed by atoms with Crippen LogP contribution in [0.25, 0.3) is 0 Å². The zero-order valence-corrected chi connectivity index (χ0v) is 14.5. The lowest BCUT2D eigenvalue weighted by molar-refractivity contribution is -0.148. The Morgan fingerprint density at radius 2 is 2.24 bits per heavy atom. The van der Waals surface area contributed by atoms with Gasteiger partial charge in [0.1, 0.15) is 5.54 Å². The number of carbonyl (C=O) groups excluding carboxylic acids is 1. The predicted molar refractivity (Wildman–Crippen MR) is 86.5 cm³/mol. The Kier molecular flexibility index (Phi) is 7.25. The van der Waals surface area contributed by atoms with Crippen LogP contribution >= 0.6 is 11.8 Å². The molecule has 0 saturated carbocycles. The number of methoxy groups -OCH3 is 1. The summed E-state index contributed by atoms with van der Waals surface area (Å²) in [5.74, 6) is 0.817. The molecule has 1 heterocycles. The van der Waals surface area contributed by atoms with Crippen molar-refractivity contribution >= 4 is 17.7 Å². The van der Waals surface area contributed by atoms with E-state index in [2.05, 4.69) is 10.3 Å². The van der Waals surface area contributed by atoms with Crippen molar-refractivity contribution in [3.8, 4) is 0 Å². The lowest BCUT2D eigenvalue weighted by Gasteiger charge is -2.30. The van der Waals surface area contributed by atoms with Gasteiger partial charge in [0.15, 0.2) is 5.16 Å². The molecule has 1 N–H and O–H groups in total. The lowest BCUT2D eigenvalue weighted by atomic mass is 9.94. The Morgan fingerprint density at radius 1 is 1.52 bits per heavy atom. The molecule has 0 radical (unpaired) electrons. The minimum Gasteiger partial charge on any atom is -0.468 e. The van der Waals surface area contributed by atoms with Crippen molar-refractivity contribution in [2.45, 2.75) is 56.8 Å². The summed E-state index contributed by atoms with van der Waals surface area (Å²) in [5.41, 5.74) is -0.600. The van der Waals surface area contributed by atoms with Crippen LogP contribution in [0.5, 0.6) is 0 Å². The number of hydrogen-bond acceptors (Lipinski definition) is 5. The van der Waals surface area contributed by atoms with E-state index in [4.69, 9.17) is 4.74 Å². The minimum atomic E-state index is -0.600. The van der Waals surface area contributed by atoms with Crippen LogP contribution in [0.1, 0.15) is 40.0 Å². The van der Waals surface area contributed by atoms with E-state index in [1.165, 1.54) is 7.11 Å². The summed E-state index contributed by atoms with van der Waals surface area (Å²) in [6, 6.07) is 0.246. The smallest absolute Gasteiger partial charge is 0.325 e.